The molecule has 7 nitrogen and oxygen atoms in total. The van der Waals surface area contributed by atoms with E-state index in [4.69, 9.17) is 29.5 Å². The van der Waals surface area contributed by atoms with Gasteiger partial charge in [-0.1, -0.05) is 24.3 Å². The summed E-state index contributed by atoms with van der Waals surface area (Å²) in [5, 5.41) is 18.2. The van der Waals surface area contributed by atoms with Crippen LogP contribution < -0.4 is 10.2 Å². The van der Waals surface area contributed by atoms with Gasteiger partial charge in [-0.2, -0.15) is 0 Å². The summed E-state index contributed by atoms with van der Waals surface area (Å²) in [6.07, 6.45) is 1.71. The van der Waals surface area contributed by atoms with Crippen LogP contribution in [0.25, 0.3) is 5.69 Å². The largest absolute Gasteiger partial charge is 0.481 e. The van der Waals surface area contributed by atoms with Crippen molar-refractivity contribution in [2.75, 3.05) is 29.9 Å². The van der Waals surface area contributed by atoms with E-state index >= 15 is 0 Å². The molecule has 0 saturated carbocycles. The zero-order valence-electron chi connectivity index (χ0n) is 18.4. The lowest BCUT2D eigenvalue weighted by atomic mass is 10.1. The highest BCUT2D eigenvalue weighted by atomic mass is 32.1. The Labute approximate surface area is 198 Å². The Kier molecular flexibility index (Phi) is 8.24. The van der Waals surface area contributed by atoms with Gasteiger partial charge < -0.3 is 15.3 Å². The number of aliphatic carboxylic acids is 1. The normalized spacial score (nSPS) is 10.8. The number of rotatable bonds is 11. The standard InChI is InChI=1S/C23H29N5O2S2/c1-16-7-3-8-17(2)21(16)27(13-5-11-20(29)30)14-6-12-24-18-9-4-10-19(15-18)28-22(31)25-26-23(28)32/h3-4,7-10,15,24H,5-6,11-14H2,1-2H3,(H,25,31)(H,26,32)(H,29,30). The number of nitrogens with zero attached hydrogens (tertiary/aromatic N) is 2. The predicted molar refractivity (Wildman–Crippen MR) is 134 cm³/mol. The average Bonchev–Trinajstić information content (AvgIpc) is 3.08. The van der Waals surface area contributed by atoms with Gasteiger partial charge in [0, 0.05) is 37.4 Å². The van der Waals surface area contributed by atoms with Gasteiger partial charge in [0.2, 0.25) is 0 Å². The smallest absolute Gasteiger partial charge is 0.303 e. The molecule has 1 aromatic heterocycles. The third kappa shape index (κ3) is 6.08. The Bertz CT molecular complexity index is 1130. The molecule has 0 fully saturated rings. The monoisotopic (exact) mass is 471 g/mol. The minimum absolute atomic E-state index is 0.177. The molecule has 0 radical (unpaired) electrons. The highest BCUT2D eigenvalue weighted by molar-refractivity contribution is 7.72. The Balaban J connectivity index is 1.64. The lowest BCUT2D eigenvalue weighted by molar-refractivity contribution is -0.137. The maximum absolute atomic E-state index is 11.0. The van der Waals surface area contributed by atoms with E-state index in [0.717, 1.165) is 37.4 Å². The maximum Gasteiger partial charge on any atom is 0.303 e. The van der Waals surface area contributed by atoms with Crippen molar-refractivity contribution >= 4 is 41.8 Å². The molecule has 1 heterocycles. The van der Waals surface area contributed by atoms with Crippen LogP contribution in [0.5, 0.6) is 0 Å². The molecule has 0 atom stereocenters. The minimum atomic E-state index is -0.754. The van der Waals surface area contributed by atoms with Crippen molar-refractivity contribution in [1.29, 1.82) is 0 Å². The molecule has 170 valence electrons. The van der Waals surface area contributed by atoms with Crippen molar-refractivity contribution in [3.8, 4) is 5.69 Å². The number of aryl methyl sites for hydroxylation is 2. The van der Waals surface area contributed by atoms with Crippen molar-refractivity contribution in [3.63, 3.8) is 0 Å². The third-order valence-corrected chi connectivity index (χ3v) is 5.86. The summed E-state index contributed by atoms with van der Waals surface area (Å²) >= 11 is 10.6. The number of carboxylic acids is 1. The van der Waals surface area contributed by atoms with Crippen LogP contribution in [-0.2, 0) is 4.79 Å². The number of nitrogens with one attached hydrogen (secondary N) is 3. The van der Waals surface area contributed by atoms with E-state index < -0.39 is 5.97 Å². The van der Waals surface area contributed by atoms with Crippen molar-refractivity contribution in [2.45, 2.75) is 33.1 Å². The molecule has 9 heteroatoms. The predicted octanol–water partition coefficient (Wildman–Crippen LogP) is 5.38. The molecule has 0 aliphatic heterocycles. The molecule has 0 aliphatic rings. The van der Waals surface area contributed by atoms with Crippen LogP contribution in [0.3, 0.4) is 0 Å². The van der Waals surface area contributed by atoms with E-state index in [2.05, 4.69) is 52.5 Å². The number of carbonyl (C=O) groups is 1. The molecule has 0 amide bonds. The van der Waals surface area contributed by atoms with Crippen molar-refractivity contribution < 1.29 is 9.90 Å². The summed E-state index contributed by atoms with van der Waals surface area (Å²) in [6, 6.07) is 14.2. The zero-order valence-corrected chi connectivity index (χ0v) is 20.0. The molecule has 2 aromatic carbocycles. The fraction of sp³-hybridized carbons (Fsp3) is 0.348. The van der Waals surface area contributed by atoms with Gasteiger partial charge in [-0.25, -0.2) is 0 Å². The number of H-pyrrole nitrogens is 2. The summed E-state index contributed by atoms with van der Waals surface area (Å²) in [6.45, 7) is 6.55. The number of para-hydroxylation sites is 1. The van der Waals surface area contributed by atoms with E-state index in [1.165, 1.54) is 16.8 Å². The average molecular weight is 472 g/mol. The highest BCUT2D eigenvalue weighted by Gasteiger charge is 2.12. The molecule has 3 rings (SSSR count). The lowest BCUT2D eigenvalue weighted by Gasteiger charge is -2.28. The van der Waals surface area contributed by atoms with E-state index in [0.29, 0.717) is 16.0 Å². The molecule has 0 saturated heterocycles. The SMILES string of the molecule is Cc1cccc(C)c1N(CCCNc1cccc(-n2c(=S)[nH][nH]c2=S)c1)CCCC(=O)O. The van der Waals surface area contributed by atoms with Crippen LogP contribution in [0.15, 0.2) is 42.5 Å². The van der Waals surface area contributed by atoms with Crippen LogP contribution >= 0.6 is 24.4 Å². The quantitative estimate of drug-likeness (QED) is 0.222. The molecular weight excluding hydrogens is 442 g/mol. The first kappa shape index (κ1) is 23.7. The lowest BCUT2D eigenvalue weighted by Crippen LogP contribution is -2.29. The summed E-state index contributed by atoms with van der Waals surface area (Å²) < 4.78 is 2.83. The molecule has 4 N–H and O–H groups in total. The van der Waals surface area contributed by atoms with E-state index in [-0.39, 0.29) is 6.42 Å². The molecule has 3 aromatic rings. The number of benzene rings is 2. The van der Waals surface area contributed by atoms with Gasteiger partial charge >= 0.3 is 5.97 Å². The van der Waals surface area contributed by atoms with Gasteiger partial charge in [-0.05, 0) is 80.5 Å². The molecule has 0 unspecified atom stereocenters. The number of hydrogen-bond acceptors (Lipinski definition) is 5. The minimum Gasteiger partial charge on any atom is -0.481 e. The summed E-state index contributed by atoms with van der Waals surface area (Å²) in [4.78, 5) is 13.3. The van der Waals surface area contributed by atoms with Gasteiger partial charge in [0.05, 0.1) is 5.69 Å². The maximum atomic E-state index is 11.0. The van der Waals surface area contributed by atoms with Gasteiger partial charge in [0.1, 0.15) is 0 Å². The first-order valence-corrected chi connectivity index (χ1v) is 11.5. The zero-order chi connectivity index (χ0) is 23.1. The topological polar surface area (TPSA) is 89.1 Å². The summed E-state index contributed by atoms with van der Waals surface area (Å²) in [5.41, 5.74) is 5.51. The molecule has 0 aliphatic carbocycles. The van der Waals surface area contributed by atoms with E-state index in [9.17, 15) is 4.79 Å². The van der Waals surface area contributed by atoms with Crippen molar-refractivity contribution in [3.05, 3.63) is 63.1 Å². The van der Waals surface area contributed by atoms with Crippen molar-refractivity contribution in [1.82, 2.24) is 14.8 Å². The Morgan fingerprint density at radius 1 is 1.03 bits per heavy atom. The van der Waals surface area contributed by atoms with Gasteiger partial charge in [-0.15, -0.1) is 0 Å². The molecule has 0 bridgehead atoms. The third-order valence-electron chi connectivity index (χ3n) is 5.30. The number of anilines is 2. The van der Waals surface area contributed by atoms with Crippen molar-refractivity contribution in [2.24, 2.45) is 0 Å². The molecule has 32 heavy (non-hydrogen) atoms. The Hall–Kier alpha value is -2.91. The Morgan fingerprint density at radius 3 is 2.31 bits per heavy atom. The van der Waals surface area contributed by atoms with Crippen LogP contribution in [0.4, 0.5) is 11.4 Å². The van der Waals surface area contributed by atoms with Gasteiger partial charge in [0.15, 0.2) is 9.54 Å². The second-order valence-electron chi connectivity index (χ2n) is 7.75. The van der Waals surface area contributed by atoms with E-state index in [1.807, 2.05) is 24.3 Å². The number of hydrogen-bond donors (Lipinski definition) is 4. The van der Waals surface area contributed by atoms with E-state index in [1.54, 1.807) is 4.57 Å². The van der Waals surface area contributed by atoms with Crippen LogP contribution in [-0.4, -0.2) is 45.5 Å². The molecular formula is C23H29N5O2S2. The number of carboxylic acid groups (broad SMARTS) is 1. The van der Waals surface area contributed by atoms with Gasteiger partial charge in [0.25, 0.3) is 0 Å². The van der Waals surface area contributed by atoms with Crippen LogP contribution in [0, 0.1) is 23.4 Å². The second-order valence-corrected chi connectivity index (χ2v) is 8.52. The first-order chi connectivity index (χ1) is 15.4. The summed E-state index contributed by atoms with van der Waals surface area (Å²) in [7, 11) is 0. The highest BCUT2D eigenvalue weighted by Crippen LogP contribution is 2.25. The number of aromatic nitrogens is 3. The van der Waals surface area contributed by atoms with Gasteiger partial charge in [-0.3, -0.25) is 19.6 Å². The van der Waals surface area contributed by atoms with Crippen LogP contribution in [0.2, 0.25) is 0 Å². The second kappa shape index (κ2) is 11.1. The summed E-state index contributed by atoms with van der Waals surface area (Å²) in [5.74, 6) is -0.754. The van der Waals surface area contributed by atoms with Crippen LogP contribution in [0.1, 0.15) is 30.4 Å². The number of aromatic amines is 2. The first-order valence-electron chi connectivity index (χ1n) is 10.6. The Morgan fingerprint density at radius 2 is 1.66 bits per heavy atom. The fourth-order valence-electron chi connectivity index (χ4n) is 3.86. The fourth-order valence-corrected chi connectivity index (χ4v) is 4.42. The molecule has 0 spiro atoms.